The van der Waals surface area contributed by atoms with Gasteiger partial charge in [-0.1, -0.05) is 6.07 Å². The number of likely N-dealkylation sites (tertiary alicyclic amines) is 1. The number of hydrogen-bond acceptors (Lipinski definition) is 4. The fraction of sp³-hybridized carbons (Fsp3) is 0.600. The highest BCUT2D eigenvalue weighted by Crippen LogP contribution is 2.19. The third-order valence-corrected chi connectivity index (χ3v) is 3.17. The third kappa shape index (κ3) is 4.40. The third-order valence-electron chi connectivity index (χ3n) is 3.17. The summed E-state index contributed by atoms with van der Waals surface area (Å²) >= 11 is 0. The van der Waals surface area contributed by atoms with Gasteiger partial charge < -0.3 is 15.0 Å². The Balaban J connectivity index is 1.76. The molecule has 0 radical (unpaired) electrons. The maximum Gasteiger partial charge on any atom is 0.410 e. The molecule has 20 heavy (non-hydrogen) atoms. The van der Waals surface area contributed by atoms with E-state index in [0.717, 1.165) is 31.9 Å². The van der Waals surface area contributed by atoms with Gasteiger partial charge in [-0.15, -0.1) is 0 Å². The molecule has 1 aromatic heterocycles. The van der Waals surface area contributed by atoms with E-state index in [4.69, 9.17) is 4.74 Å². The summed E-state index contributed by atoms with van der Waals surface area (Å²) < 4.78 is 5.39. The maximum atomic E-state index is 12.0. The van der Waals surface area contributed by atoms with Crippen molar-refractivity contribution in [1.82, 2.24) is 9.88 Å². The molecule has 5 nitrogen and oxygen atoms in total. The molecule has 2 rings (SSSR count). The second kappa shape index (κ2) is 6.11. The molecule has 0 unspecified atom stereocenters. The van der Waals surface area contributed by atoms with Crippen molar-refractivity contribution in [2.45, 2.75) is 32.8 Å². The van der Waals surface area contributed by atoms with Crippen LogP contribution in [0.15, 0.2) is 24.4 Å². The quantitative estimate of drug-likeness (QED) is 0.923. The lowest BCUT2D eigenvalue weighted by Gasteiger charge is -2.24. The average molecular weight is 277 g/mol. The maximum absolute atomic E-state index is 12.0. The number of rotatable bonds is 3. The molecule has 0 aromatic carbocycles. The molecule has 0 saturated carbocycles. The average Bonchev–Trinajstić information content (AvgIpc) is 2.84. The fourth-order valence-corrected chi connectivity index (χ4v) is 2.21. The molecule has 0 aliphatic carbocycles. The van der Waals surface area contributed by atoms with Gasteiger partial charge in [-0.25, -0.2) is 9.78 Å². The van der Waals surface area contributed by atoms with Gasteiger partial charge in [0.25, 0.3) is 0 Å². The minimum absolute atomic E-state index is 0.210. The van der Waals surface area contributed by atoms with E-state index in [9.17, 15) is 4.79 Å². The van der Waals surface area contributed by atoms with E-state index in [1.54, 1.807) is 11.1 Å². The van der Waals surface area contributed by atoms with Gasteiger partial charge >= 0.3 is 6.09 Å². The number of carbonyl (C=O) groups is 1. The van der Waals surface area contributed by atoms with Gasteiger partial charge in [-0.3, -0.25) is 0 Å². The monoisotopic (exact) mass is 277 g/mol. The lowest BCUT2D eigenvalue weighted by Crippen LogP contribution is -2.35. The summed E-state index contributed by atoms with van der Waals surface area (Å²) in [6.07, 6.45) is 2.56. The van der Waals surface area contributed by atoms with Crippen molar-refractivity contribution in [3.63, 3.8) is 0 Å². The lowest BCUT2D eigenvalue weighted by molar-refractivity contribution is 0.0289. The van der Waals surface area contributed by atoms with E-state index < -0.39 is 5.60 Å². The zero-order chi connectivity index (χ0) is 14.6. The number of amides is 1. The smallest absolute Gasteiger partial charge is 0.410 e. The highest BCUT2D eigenvalue weighted by molar-refractivity contribution is 5.68. The summed E-state index contributed by atoms with van der Waals surface area (Å²) in [5.74, 6) is 1.33. The standard InChI is InChI=1S/C15H23N3O2/c1-15(2,3)20-14(19)18-9-7-12(11-18)10-17-13-6-4-5-8-16-13/h4-6,8,12H,7,9-11H2,1-3H3,(H,16,17)/t12-/m0/s1. The number of pyridine rings is 1. The fourth-order valence-electron chi connectivity index (χ4n) is 2.21. The highest BCUT2D eigenvalue weighted by atomic mass is 16.6. The number of anilines is 1. The molecule has 0 bridgehead atoms. The number of ether oxygens (including phenoxy) is 1. The molecular weight excluding hydrogens is 254 g/mol. The van der Waals surface area contributed by atoms with Gasteiger partial charge in [-0.2, -0.15) is 0 Å². The predicted octanol–water partition coefficient (Wildman–Crippen LogP) is 2.75. The molecule has 1 aromatic rings. The molecule has 0 spiro atoms. The number of nitrogens with one attached hydrogen (secondary N) is 1. The summed E-state index contributed by atoms with van der Waals surface area (Å²) in [6.45, 7) is 8.01. The molecule has 110 valence electrons. The number of hydrogen-bond donors (Lipinski definition) is 1. The van der Waals surface area contributed by atoms with Crippen molar-refractivity contribution < 1.29 is 9.53 Å². The van der Waals surface area contributed by atoms with E-state index in [1.807, 2.05) is 39.0 Å². The summed E-state index contributed by atoms with van der Waals surface area (Å²) in [5.41, 5.74) is -0.429. The molecule has 1 amide bonds. The van der Waals surface area contributed by atoms with Crippen molar-refractivity contribution in [3.8, 4) is 0 Å². The van der Waals surface area contributed by atoms with Crippen molar-refractivity contribution >= 4 is 11.9 Å². The highest BCUT2D eigenvalue weighted by Gasteiger charge is 2.29. The second-order valence-corrected chi connectivity index (χ2v) is 6.18. The molecule has 1 saturated heterocycles. The Morgan fingerprint density at radius 1 is 1.50 bits per heavy atom. The minimum atomic E-state index is -0.429. The first kappa shape index (κ1) is 14.6. The first-order chi connectivity index (χ1) is 9.44. The van der Waals surface area contributed by atoms with Crippen LogP contribution < -0.4 is 5.32 Å². The van der Waals surface area contributed by atoms with Crippen LogP contribution in [0, 0.1) is 5.92 Å². The van der Waals surface area contributed by atoms with Crippen LogP contribution in [0.1, 0.15) is 27.2 Å². The molecule has 1 aliphatic heterocycles. The van der Waals surface area contributed by atoms with Crippen LogP contribution in [0.2, 0.25) is 0 Å². The van der Waals surface area contributed by atoms with Gasteiger partial charge in [0.15, 0.2) is 0 Å². The van der Waals surface area contributed by atoms with E-state index in [2.05, 4.69) is 10.3 Å². The topological polar surface area (TPSA) is 54.5 Å². The van der Waals surface area contributed by atoms with Crippen LogP contribution in [0.5, 0.6) is 0 Å². The van der Waals surface area contributed by atoms with E-state index in [-0.39, 0.29) is 6.09 Å². The van der Waals surface area contributed by atoms with Gasteiger partial charge in [0.05, 0.1) is 0 Å². The van der Waals surface area contributed by atoms with Crippen LogP contribution in [-0.2, 0) is 4.74 Å². The second-order valence-electron chi connectivity index (χ2n) is 6.18. The summed E-state index contributed by atoms with van der Waals surface area (Å²) in [6, 6.07) is 5.79. The summed E-state index contributed by atoms with van der Waals surface area (Å²) in [7, 11) is 0. The molecule has 1 fully saturated rings. The SMILES string of the molecule is CC(C)(C)OC(=O)N1CC[C@@H](CNc2ccccn2)C1. The Labute approximate surface area is 120 Å². The molecule has 1 aliphatic rings. The molecular formula is C15H23N3O2. The predicted molar refractivity (Wildman–Crippen MR) is 78.6 cm³/mol. The van der Waals surface area contributed by atoms with Crippen LogP contribution in [0.25, 0.3) is 0 Å². The van der Waals surface area contributed by atoms with Crippen LogP contribution in [0.3, 0.4) is 0 Å². The van der Waals surface area contributed by atoms with Gasteiger partial charge in [-0.05, 0) is 45.2 Å². The summed E-state index contributed by atoms with van der Waals surface area (Å²) in [5, 5.41) is 3.30. The zero-order valence-corrected chi connectivity index (χ0v) is 12.4. The lowest BCUT2D eigenvalue weighted by atomic mass is 10.1. The Kier molecular flexibility index (Phi) is 4.47. The van der Waals surface area contributed by atoms with Crippen molar-refractivity contribution in [2.24, 2.45) is 5.92 Å². The van der Waals surface area contributed by atoms with Gasteiger partial charge in [0.1, 0.15) is 11.4 Å². The Hall–Kier alpha value is -1.78. The van der Waals surface area contributed by atoms with Crippen molar-refractivity contribution in [1.29, 1.82) is 0 Å². The first-order valence-corrected chi connectivity index (χ1v) is 7.07. The van der Waals surface area contributed by atoms with E-state index in [1.165, 1.54) is 0 Å². The Bertz CT molecular complexity index is 442. The summed E-state index contributed by atoms with van der Waals surface area (Å²) in [4.78, 5) is 18.0. The molecule has 2 heterocycles. The van der Waals surface area contributed by atoms with Crippen LogP contribution in [0.4, 0.5) is 10.6 Å². The van der Waals surface area contributed by atoms with E-state index >= 15 is 0 Å². The number of nitrogens with zero attached hydrogens (tertiary/aromatic N) is 2. The molecule has 5 heteroatoms. The van der Waals surface area contributed by atoms with Crippen LogP contribution >= 0.6 is 0 Å². The van der Waals surface area contributed by atoms with Crippen LogP contribution in [-0.4, -0.2) is 41.2 Å². The number of aromatic nitrogens is 1. The van der Waals surface area contributed by atoms with E-state index in [0.29, 0.717) is 5.92 Å². The minimum Gasteiger partial charge on any atom is -0.444 e. The normalized spacial score (nSPS) is 18.9. The number of carbonyl (C=O) groups excluding carboxylic acids is 1. The van der Waals surface area contributed by atoms with Gasteiger partial charge in [0, 0.05) is 25.8 Å². The van der Waals surface area contributed by atoms with Gasteiger partial charge in [0.2, 0.25) is 0 Å². The largest absolute Gasteiger partial charge is 0.444 e. The first-order valence-electron chi connectivity index (χ1n) is 7.07. The zero-order valence-electron chi connectivity index (χ0n) is 12.4. The Morgan fingerprint density at radius 2 is 2.30 bits per heavy atom. The van der Waals surface area contributed by atoms with Crippen molar-refractivity contribution in [3.05, 3.63) is 24.4 Å². The molecule has 1 N–H and O–H groups in total. The molecule has 1 atom stereocenters. The Morgan fingerprint density at radius 3 is 2.95 bits per heavy atom. The van der Waals surface area contributed by atoms with Crippen molar-refractivity contribution in [2.75, 3.05) is 25.0 Å².